The van der Waals surface area contributed by atoms with E-state index in [4.69, 9.17) is 29.2 Å². The topological polar surface area (TPSA) is 156 Å². The summed E-state index contributed by atoms with van der Waals surface area (Å²) in [5.41, 5.74) is 4.41. The van der Waals surface area contributed by atoms with Crippen molar-refractivity contribution in [2.24, 2.45) is 0 Å². The zero-order chi connectivity index (χ0) is 30.4. The molecule has 5 N–H and O–H groups in total. The van der Waals surface area contributed by atoms with Crippen molar-refractivity contribution < 1.29 is 44.5 Å². The van der Waals surface area contributed by atoms with E-state index in [0.717, 1.165) is 23.2 Å². The number of nitrogens with zero attached hydrogens (tertiary/aromatic N) is 2. The molecular formula is C31H42N2O9. The first-order valence-electron chi connectivity index (χ1n) is 14.3. The first-order chi connectivity index (χ1) is 20.2. The van der Waals surface area contributed by atoms with Gasteiger partial charge in [0.2, 0.25) is 12.2 Å². The van der Waals surface area contributed by atoms with E-state index in [1.165, 1.54) is 5.56 Å². The van der Waals surface area contributed by atoms with Crippen molar-refractivity contribution in [3.05, 3.63) is 59.2 Å². The summed E-state index contributed by atoms with van der Waals surface area (Å²) in [6.45, 7) is 5.92. The van der Waals surface area contributed by atoms with E-state index in [1.807, 2.05) is 42.8 Å². The van der Waals surface area contributed by atoms with Crippen molar-refractivity contribution in [2.75, 3.05) is 26.9 Å². The lowest BCUT2D eigenvalue weighted by molar-refractivity contribution is -0.278. The average molecular weight is 587 g/mol. The van der Waals surface area contributed by atoms with Gasteiger partial charge in [0.05, 0.1) is 26.0 Å². The Kier molecular flexibility index (Phi) is 10.8. The molecule has 1 aliphatic rings. The van der Waals surface area contributed by atoms with Gasteiger partial charge in [-0.05, 0) is 37.5 Å². The Hall–Kier alpha value is -3.19. The van der Waals surface area contributed by atoms with E-state index in [2.05, 4.69) is 19.1 Å². The van der Waals surface area contributed by atoms with Gasteiger partial charge in [-0.3, -0.25) is 4.68 Å². The molecule has 11 heteroatoms. The second-order valence-corrected chi connectivity index (χ2v) is 10.6. The number of methoxy groups -OCH3 is 1. The largest absolute Gasteiger partial charge is 0.496 e. The van der Waals surface area contributed by atoms with E-state index in [9.17, 15) is 20.4 Å². The van der Waals surface area contributed by atoms with Crippen LogP contribution in [0.5, 0.6) is 17.4 Å². The highest BCUT2D eigenvalue weighted by Gasteiger charge is 2.45. The highest BCUT2D eigenvalue weighted by molar-refractivity contribution is 5.68. The molecule has 0 aliphatic carbocycles. The van der Waals surface area contributed by atoms with Crippen LogP contribution in [0.4, 0.5) is 0 Å². The van der Waals surface area contributed by atoms with E-state index >= 15 is 0 Å². The summed E-state index contributed by atoms with van der Waals surface area (Å²) in [6, 6.07) is 13.6. The van der Waals surface area contributed by atoms with Crippen LogP contribution in [0.2, 0.25) is 0 Å². The Morgan fingerprint density at radius 2 is 1.74 bits per heavy atom. The maximum atomic E-state index is 10.7. The third kappa shape index (κ3) is 6.88. The van der Waals surface area contributed by atoms with Gasteiger partial charge in [-0.1, -0.05) is 37.3 Å². The Morgan fingerprint density at radius 1 is 1.00 bits per heavy atom. The van der Waals surface area contributed by atoms with Crippen LogP contribution in [0, 0.1) is 0 Å². The number of aryl methyl sites for hydroxylation is 1. The minimum atomic E-state index is -1.59. The predicted octanol–water partition coefficient (Wildman–Crippen LogP) is 2.23. The van der Waals surface area contributed by atoms with Crippen LogP contribution in [0.15, 0.2) is 42.5 Å². The molecule has 0 bridgehead atoms. The molecule has 42 heavy (non-hydrogen) atoms. The first kappa shape index (κ1) is 31.7. The lowest BCUT2D eigenvalue weighted by Gasteiger charge is -2.39. The molecule has 230 valence electrons. The van der Waals surface area contributed by atoms with E-state index in [1.54, 1.807) is 13.2 Å². The molecule has 2 heterocycles. The highest BCUT2D eigenvalue weighted by Crippen LogP contribution is 2.38. The Morgan fingerprint density at radius 3 is 2.36 bits per heavy atom. The van der Waals surface area contributed by atoms with Gasteiger partial charge in [0.25, 0.3) is 0 Å². The van der Waals surface area contributed by atoms with Gasteiger partial charge in [0.15, 0.2) is 0 Å². The molecule has 0 unspecified atom stereocenters. The number of rotatable bonds is 13. The molecule has 1 aliphatic heterocycles. The number of ether oxygens (including phenoxy) is 4. The molecule has 3 aromatic rings. The fraction of sp³-hybridized carbons (Fsp3) is 0.516. The number of aliphatic hydroxyl groups is 5. The van der Waals surface area contributed by atoms with Crippen LogP contribution in [-0.4, -0.2) is 92.9 Å². The van der Waals surface area contributed by atoms with Gasteiger partial charge < -0.3 is 44.5 Å². The lowest BCUT2D eigenvalue weighted by atomic mass is 9.98. The molecule has 4 rings (SSSR count). The minimum absolute atomic E-state index is 0.0360. The quantitative estimate of drug-likeness (QED) is 0.188. The zero-order valence-corrected chi connectivity index (χ0v) is 24.5. The van der Waals surface area contributed by atoms with Gasteiger partial charge in [-0.15, -0.1) is 5.10 Å². The maximum Gasteiger partial charge on any atom is 0.239 e. The normalized spacial score (nSPS) is 22.4. The zero-order valence-electron chi connectivity index (χ0n) is 24.5. The Labute approximate surface area is 245 Å². The van der Waals surface area contributed by atoms with E-state index in [-0.39, 0.29) is 18.5 Å². The average Bonchev–Trinajstić information content (AvgIpc) is 3.35. The van der Waals surface area contributed by atoms with Crippen LogP contribution in [-0.2, 0) is 17.6 Å². The molecular weight excluding hydrogens is 544 g/mol. The summed E-state index contributed by atoms with van der Waals surface area (Å²) >= 11 is 0. The third-order valence-corrected chi connectivity index (χ3v) is 7.37. The molecule has 11 nitrogen and oxygen atoms in total. The molecule has 1 aromatic heterocycles. The van der Waals surface area contributed by atoms with Gasteiger partial charge in [-0.2, -0.15) is 0 Å². The second kappa shape index (κ2) is 14.3. The summed E-state index contributed by atoms with van der Waals surface area (Å²) in [7, 11) is 1.57. The predicted molar refractivity (Wildman–Crippen MR) is 155 cm³/mol. The molecule has 0 spiro atoms. The molecule has 2 aromatic carbocycles. The SMILES string of the molecule is CCc1ccc(-c2c(Cc3ccc(OCCCO)cc3OC)c(O[C@@H]3O[C@H](CO)[C@@H](O)[C@H](O)[C@H]3O)nn2C(C)C)cc1. The number of aliphatic hydroxyl groups excluding tert-OH is 5. The summed E-state index contributed by atoms with van der Waals surface area (Å²) in [5.74, 6) is 1.36. The summed E-state index contributed by atoms with van der Waals surface area (Å²) < 4.78 is 25.1. The fourth-order valence-electron chi connectivity index (χ4n) is 4.96. The molecule has 0 radical (unpaired) electrons. The van der Waals surface area contributed by atoms with Gasteiger partial charge in [0, 0.05) is 42.7 Å². The fourth-order valence-corrected chi connectivity index (χ4v) is 4.96. The lowest BCUT2D eigenvalue weighted by Crippen LogP contribution is -2.60. The smallest absolute Gasteiger partial charge is 0.239 e. The second-order valence-electron chi connectivity index (χ2n) is 10.6. The molecule has 0 saturated carbocycles. The Balaban J connectivity index is 1.80. The van der Waals surface area contributed by atoms with Gasteiger partial charge in [-0.25, -0.2) is 0 Å². The standard InChI is InChI=1S/C31H42N2O9/c1-5-19-7-9-20(10-8-19)26-23(15-21-11-12-22(16-24(21)39-4)40-14-6-13-34)30(32-33(26)18(2)3)42-31-29(38)28(37)27(36)25(17-35)41-31/h7-12,16,18,25,27-29,31,34-38H,5-6,13-15,17H2,1-4H3/t25-,27-,28+,29-,31+/m1/s1. The summed E-state index contributed by atoms with van der Waals surface area (Å²) in [4.78, 5) is 0. The summed E-state index contributed by atoms with van der Waals surface area (Å²) in [5, 5.41) is 54.8. The van der Waals surface area contributed by atoms with Crippen molar-refractivity contribution in [3.8, 4) is 28.6 Å². The van der Waals surface area contributed by atoms with Crippen LogP contribution in [0.3, 0.4) is 0 Å². The Bertz CT molecular complexity index is 1290. The van der Waals surface area contributed by atoms with Crippen molar-refractivity contribution >= 4 is 0 Å². The van der Waals surface area contributed by atoms with Crippen LogP contribution >= 0.6 is 0 Å². The van der Waals surface area contributed by atoms with Crippen molar-refractivity contribution in [3.63, 3.8) is 0 Å². The number of hydrogen-bond acceptors (Lipinski definition) is 10. The van der Waals surface area contributed by atoms with Crippen molar-refractivity contribution in [1.82, 2.24) is 9.78 Å². The van der Waals surface area contributed by atoms with E-state index in [0.29, 0.717) is 36.5 Å². The minimum Gasteiger partial charge on any atom is -0.496 e. The van der Waals surface area contributed by atoms with Gasteiger partial charge in [0.1, 0.15) is 35.9 Å². The molecule has 0 amide bonds. The number of hydrogen-bond donors (Lipinski definition) is 5. The van der Waals surface area contributed by atoms with E-state index < -0.39 is 37.3 Å². The van der Waals surface area contributed by atoms with Gasteiger partial charge >= 0.3 is 0 Å². The van der Waals surface area contributed by atoms with Crippen molar-refractivity contribution in [1.29, 1.82) is 0 Å². The van der Waals surface area contributed by atoms with Crippen molar-refractivity contribution in [2.45, 2.75) is 76.8 Å². The molecule has 1 saturated heterocycles. The third-order valence-electron chi connectivity index (χ3n) is 7.37. The number of aromatic nitrogens is 2. The van der Waals surface area contributed by atoms with Crippen LogP contribution in [0.1, 0.15) is 49.9 Å². The van der Waals surface area contributed by atoms with Crippen LogP contribution < -0.4 is 14.2 Å². The maximum absolute atomic E-state index is 10.7. The number of benzene rings is 2. The van der Waals surface area contributed by atoms with Crippen LogP contribution in [0.25, 0.3) is 11.3 Å². The first-order valence-corrected chi connectivity index (χ1v) is 14.3. The summed E-state index contributed by atoms with van der Waals surface area (Å²) in [6.07, 6.45) is -5.47. The highest BCUT2D eigenvalue weighted by atomic mass is 16.7. The molecule has 1 fully saturated rings. The monoisotopic (exact) mass is 586 g/mol. The molecule has 5 atom stereocenters.